The molecule has 0 aliphatic carbocycles. The van der Waals surface area contributed by atoms with Crippen molar-refractivity contribution in [3.63, 3.8) is 0 Å². The van der Waals surface area contributed by atoms with Gasteiger partial charge in [0.25, 0.3) is 0 Å². The molecule has 3 rings (SSSR count). The Kier molecular flexibility index (Phi) is 6.68. The average Bonchev–Trinajstić information content (AvgIpc) is 3.22. The topological polar surface area (TPSA) is 72.9 Å². The van der Waals surface area contributed by atoms with Crippen LogP contribution in [0.5, 0.6) is 0 Å². The number of nitrogens with one attached hydrogen (secondary N) is 1. The van der Waals surface area contributed by atoms with Crippen molar-refractivity contribution in [1.82, 2.24) is 15.1 Å². The first-order chi connectivity index (χ1) is 14.0. The maximum atomic E-state index is 13.4. The molecular formula is C23H34ClN3O3. The maximum Gasteiger partial charge on any atom is 0.318 e. The maximum absolute atomic E-state index is 13.4. The largest absolute Gasteiger partial charge is 0.384 e. The van der Waals surface area contributed by atoms with Gasteiger partial charge in [0.05, 0.1) is 5.60 Å². The first-order valence-electron chi connectivity index (χ1n) is 10.9. The van der Waals surface area contributed by atoms with E-state index in [-0.39, 0.29) is 17.9 Å². The van der Waals surface area contributed by atoms with Crippen LogP contribution in [0, 0.1) is 11.3 Å². The zero-order valence-corrected chi connectivity index (χ0v) is 19.2. The van der Waals surface area contributed by atoms with Gasteiger partial charge in [-0.25, -0.2) is 4.79 Å². The van der Waals surface area contributed by atoms with Gasteiger partial charge in [-0.1, -0.05) is 51.4 Å². The number of rotatable bonds is 4. The molecule has 7 heteroatoms. The Morgan fingerprint density at radius 2 is 1.67 bits per heavy atom. The normalized spacial score (nSPS) is 24.8. The van der Waals surface area contributed by atoms with E-state index in [1.807, 2.05) is 39.8 Å². The molecule has 1 aromatic carbocycles. The number of amides is 3. The van der Waals surface area contributed by atoms with E-state index in [4.69, 9.17) is 11.6 Å². The van der Waals surface area contributed by atoms with Crippen molar-refractivity contribution >= 4 is 23.5 Å². The molecule has 2 atom stereocenters. The number of benzene rings is 1. The Hall–Kier alpha value is -1.79. The van der Waals surface area contributed by atoms with Gasteiger partial charge in [0.2, 0.25) is 5.91 Å². The standard InChI is InChI=1S/C23H34ClN3O3/c1-16(2)19(25-21(29)26-12-5-6-13-26)20(28)27-14-11-23(30,22(3,4)15-27)17-7-9-18(24)10-8-17/h7-10,16,19,30H,5-6,11-15H2,1-4H3,(H,25,29)/t19-,23+/m1/s1. The fourth-order valence-electron chi connectivity index (χ4n) is 4.63. The minimum Gasteiger partial charge on any atom is -0.384 e. The van der Waals surface area contributed by atoms with Crippen molar-refractivity contribution in [2.45, 2.75) is 58.6 Å². The number of aliphatic hydroxyl groups is 1. The molecular weight excluding hydrogens is 402 g/mol. The van der Waals surface area contributed by atoms with Crippen LogP contribution in [-0.2, 0) is 10.4 Å². The molecule has 2 N–H and O–H groups in total. The molecule has 6 nitrogen and oxygen atoms in total. The number of urea groups is 1. The fraction of sp³-hybridized carbons (Fsp3) is 0.652. The van der Waals surface area contributed by atoms with Gasteiger partial charge in [0, 0.05) is 36.6 Å². The number of hydrogen-bond acceptors (Lipinski definition) is 3. The Morgan fingerprint density at radius 3 is 2.20 bits per heavy atom. The third kappa shape index (κ3) is 4.45. The van der Waals surface area contributed by atoms with E-state index >= 15 is 0 Å². The van der Waals surface area contributed by atoms with Crippen LogP contribution in [0.2, 0.25) is 5.02 Å². The third-order valence-corrected chi connectivity index (χ3v) is 6.94. The Bertz CT molecular complexity index is 774. The molecule has 0 unspecified atom stereocenters. The summed E-state index contributed by atoms with van der Waals surface area (Å²) in [5.74, 6) is -0.104. The Morgan fingerprint density at radius 1 is 1.07 bits per heavy atom. The molecule has 2 fully saturated rings. The summed E-state index contributed by atoms with van der Waals surface area (Å²) in [6.45, 7) is 10.2. The second kappa shape index (κ2) is 8.75. The number of carbonyl (C=O) groups excluding carboxylic acids is 2. The quantitative estimate of drug-likeness (QED) is 0.758. The molecule has 0 spiro atoms. The summed E-state index contributed by atoms with van der Waals surface area (Å²) in [6.07, 6.45) is 2.45. The van der Waals surface area contributed by atoms with E-state index in [2.05, 4.69) is 5.32 Å². The number of hydrogen-bond donors (Lipinski definition) is 2. The van der Waals surface area contributed by atoms with Gasteiger partial charge in [-0.2, -0.15) is 0 Å². The summed E-state index contributed by atoms with van der Waals surface area (Å²) >= 11 is 6.01. The van der Waals surface area contributed by atoms with Crippen molar-refractivity contribution in [2.24, 2.45) is 11.3 Å². The van der Waals surface area contributed by atoms with E-state index in [9.17, 15) is 14.7 Å². The Labute approximate surface area is 184 Å². The summed E-state index contributed by atoms with van der Waals surface area (Å²) in [6, 6.07) is 6.55. The lowest BCUT2D eigenvalue weighted by Crippen LogP contribution is -2.61. The zero-order valence-electron chi connectivity index (χ0n) is 18.4. The van der Waals surface area contributed by atoms with Crippen LogP contribution in [0.1, 0.15) is 52.5 Å². The van der Waals surface area contributed by atoms with Crippen molar-refractivity contribution in [3.8, 4) is 0 Å². The molecule has 0 bridgehead atoms. The second-order valence-corrected chi connectivity index (χ2v) is 10.1. The summed E-state index contributed by atoms with van der Waals surface area (Å²) in [5, 5.41) is 15.1. The number of likely N-dealkylation sites (tertiary alicyclic amines) is 2. The van der Waals surface area contributed by atoms with Gasteiger partial charge in [-0.3, -0.25) is 4.79 Å². The minimum absolute atomic E-state index is 0.0239. The number of carbonyl (C=O) groups is 2. The third-order valence-electron chi connectivity index (χ3n) is 6.69. The van der Waals surface area contributed by atoms with Crippen molar-refractivity contribution in [1.29, 1.82) is 0 Å². The SMILES string of the molecule is CC(C)[C@@H](NC(=O)N1CCCC1)C(=O)N1CC[C@](O)(c2ccc(Cl)cc2)C(C)(C)C1. The first kappa shape index (κ1) is 22.9. The van der Waals surface area contributed by atoms with E-state index in [0.29, 0.717) is 24.5 Å². The van der Waals surface area contributed by atoms with Gasteiger partial charge >= 0.3 is 6.03 Å². The van der Waals surface area contributed by atoms with Gasteiger partial charge in [0.1, 0.15) is 6.04 Å². The van der Waals surface area contributed by atoms with E-state index < -0.39 is 17.1 Å². The van der Waals surface area contributed by atoms with Crippen LogP contribution >= 0.6 is 11.6 Å². The van der Waals surface area contributed by atoms with E-state index in [1.54, 1.807) is 21.9 Å². The average molecular weight is 436 g/mol. The lowest BCUT2D eigenvalue weighted by atomic mass is 9.66. The molecule has 0 radical (unpaired) electrons. The Balaban J connectivity index is 1.73. The zero-order chi connectivity index (χ0) is 22.1. The molecule has 0 saturated carbocycles. The number of nitrogens with zero attached hydrogens (tertiary/aromatic N) is 2. The van der Waals surface area contributed by atoms with Crippen LogP contribution in [0.15, 0.2) is 24.3 Å². The van der Waals surface area contributed by atoms with E-state index in [0.717, 1.165) is 31.5 Å². The molecule has 2 aliphatic rings. The molecule has 3 amide bonds. The van der Waals surface area contributed by atoms with Crippen LogP contribution in [0.3, 0.4) is 0 Å². The van der Waals surface area contributed by atoms with Gasteiger partial charge in [-0.05, 0) is 42.9 Å². The van der Waals surface area contributed by atoms with Gasteiger partial charge < -0.3 is 20.2 Å². The molecule has 2 aliphatic heterocycles. The molecule has 2 heterocycles. The highest BCUT2D eigenvalue weighted by Gasteiger charge is 2.50. The minimum atomic E-state index is -1.06. The van der Waals surface area contributed by atoms with Crippen molar-refractivity contribution < 1.29 is 14.7 Å². The summed E-state index contributed by atoms with van der Waals surface area (Å²) in [7, 11) is 0. The molecule has 166 valence electrons. The fourth-order valence-corrected chi connectivity index (χ4v) is 4.75. The summed E-state index contributed by atoms with van der Waals surface area (Å²) < 4.78 is 0. The predicted octanol–water partition coefficient (Wildman–Crippen LogP) is 3.62. The van der Waals surface area contributed by atoms with Crippen LogP contribution in [0.25, 0.3) is 0 Å². The lowest BCUT2D eigenvalue weighted by Gasteiger charge is -2.51. The van der Waals surface area contributed by atoms with Crippen LogP contribution in [0.4, 0.5) is 4.79 Å². The van der Waals surface area contributed by atoms with Crippen LogP contribution < -0.4 is 5.32 Å². The highest BCUT2D eigenvalue weighted by Crippen LogP contribution is 2.46. The molecule has 2 saturated heterocycles. The smallest absolute Gasteiger partial charge is 0.318 e. The molecule has 1 aromatic rings. The van der Waals surface area contributed by atoms with Crippen molar-refractivity contribution in [2.75, 3.05) is 26.2 Å². The molecule has 0 aromatic heterocycles. The van der Waals surface area contributed by atoms with Crippen LogP contribution in [-0.4, -0.2) is 59.1 Å². The first-order valence-corrected chi connectivity index (χ1v) is 11.3. The summed E-state index contributed by atoms with van der Waals surface area (Å²) in [4.78, 5) is 29.5. The highest BCUT2D eigenvalue weighted by molar-refractivity contribution is 6.30. The number of piperidine rings is 1. The lowest BCUT2D eigenvalue weighted by molar-refractivity contribution is -0.155. The van der Waals surface area contributed by atoms with E-state index in [1.165, 1.54) is 0 Å². The number of halogens is 1. The van der Waals surface area contributed by atoms with Crippen molar-refractivity contribution in [3.05, 3.63) is 34.9 Å². The summed E-state index contributed by atoms with van der Waals surface area (Å²) in [5.41, 5.74) is -0.804. The monoisotopic (exact) mass is 435 g/mol. The van der Waals surface area contributed by atoms with Gasteiger partial charge in [0.15, 0.2) is 0 Å². The second-order valence-electron chi connectivity index (χ2n) is 9.63. The highest BCUT2D eigenvalue weighted by atomic mass is 35.5. The predicted molar refractivity (Wildman–Crippen MR) is 118 cm³/mol. The molecule has 30 heavy (non-hydrogen) atoms. The van der Waals surface area contributed by atoms with Gasteiger partial charge in [-0.15, -0.1) is 0 Å².